The Hall–Kier alpha value is -1.96. The Balaban J connectivity index is 1.99. The van der Waals surface area contributed by atoms with Gasteiger partial charge < -0.3 is 0 Å². The predicted octanol–water partition coefficient (Wildman–Crippen LogP) is 4.30. The summed E-state index contributed by atoms with van der Waals surface area (Å²) in [7, 11) is -3.50. The molecule has 0 aliphatic carbocycles. The van der Waals surface area contributed by atoms with Crippen molar-refractivity contribution in [3.8, 4) is 0 Å². The number of fused-ring (bicyclic) bond motifs is 1. The Morgan fingerprint density at radius 2 is 1.96 bits per heavy atom. The van der Waals surface area contributed by atoms with Crippen LogP contribution >= 0.6 is 22.9 Å². The van der Waals surface area contributed by atoms with E-state index in [1.165, 1.54) is 23.5 Å². The summed E-state index contributed by atoms with van der Waals surface area (Å²) in [4.78, 5) is 17.0. The normalized spacial score (nSPS) is 11.6. The topological polar surface area (TPSA) is 76.1 Å². The molecule has 0 saturated heterocycles. The molecule has 0 aliphatic rings. The fraction of sp³-hybridized carbons (Fsp3) is 0.176. The Kier molecular flexibility index (Phi) is 4.81. The van der Waals surface area contributed by atoms with Crippen molar-refractivity contribution in [1.82, 2.24) is 4.98 Å². The minimum absolute atomic E-state index is 0.0188. The van der Waals surface area contributed by atoms with Crippen molar-refractivity contribution in [1.29, 1.82) is 0 Å². The van der Waals surface area contributed by atoms with Gasteiger partial charge in [0.2, 0.25) is 0 Å². The first-order chi connectivity index (χ1) is 11.8. The largest absolute Gasteiger partial charge is 0.298 e. The minimum atomic E-state index is -3.50. The van der Waals surface area contributed by atoms with Crippen molar-refractivity contribution in [2.75, 3.05) is 11.1 Å². The van der Waals surface area contributed by atoms with E-state index in [2.05, 4.69) is 10.3 Å². The lowest BCUT2D eigenvalue weighted by Crippen LogP contribution is -2.17. The van der Waals surface area contributed by atoms with Gasteiger partial charge in [0.05, 0.1) is 31.5 Å². The molecule has 0 atom stereocenters. The smallest absolute Gasteiger partial charge is 0.258 e. The van der Waals surface area contributed by atoms with Gasteiger partial charge in [-0.3, -0.25) is 10.1 Å². The second kappa shape index (κ2) is 6.74. The van der Waals surface area contributed by atoms with Crippen molar-refractivity contribution < 1.29 is 13.2 Å². The lowest BCUT2D eigenvalue weighted by Gasteiger charge is -2.08. The number of hydrogen-bond acceptors (Lipinski definition) is 5. The third-order valence-corrected chi connectivity index (χ3v) is 6.98. The monoisotopic (exact) mass is 394 g/mol. The highest BCUT2D eigenvalue weighted by molar-refractivity contribution is 7.91. The highest BCUT2D eigenvalue weighted by Crippen LogP contribution is 2.34. The van der Waals surface area contributed by atoms with Gasteiger partial charge in [-0.2, -0.15) is 0 Å². The number of nitrogens with one attached hydrogen (secondary N) is 1. The molecule has 130 valence electrons. The van der Waals surface area contributed by atoms with E-state index in [9.17, 15) is 13.2 Å². The van der Waals surface area contributed by atoms with Crippen molar-refractivity contribution in [3.05, 3.63) is 52.5 Å². The average molecular weight is 395 g/mol. The van der Waals surface area contributed by atoms with E-state index >= 15 is 0 Å². The molecule has 1 aromatic heterocycles. The Bertz CT molecular complexity index is 1040. The van der Waals surface area contributed by atoms with Gasteiger partial charge in [0, 0.05) is 0 Å². The summed E-state index contributed by atoms with van der Waals surface area (Å²) in [6, 6.07) is 9.80. The number of rotatable bonds is 4. The fourth-order valence-electron chi connectivity index (χ4n) is 2.40. The molecule has 2 aromatic carbocycles. The number of carbonyl (C=O) groups is 1. The summed E-state index contributed by atoms with van der Waals surface area (Å²) in [5.41, 5.74) is 1.78. The molecule has 3 aromatic rings. The number of anilines is 1. The van der Waals surface area contributed by atoms with Gasteiger partial charge in [-0.1, -0.05) is 48.1 Å². The van der Waals surface area contributed by atoms with Crippen LogP contribution in [0, 0.1) is 6.92 Å². The number of sulfone groups is 1. The minimum Gasteiger partial charge on any atom is -0.298 e. The third kappa shape index (κ3) is 3.40. The number of aryl methyl sites for hydroxylation is 1. The third-order valence-electron chi connectivity index (χ3n) is 3.76. The molecule has 8 heteroatoms. The van der Waals surface area contributed by atoms with Crippen LogP contribution in [0.5, 0.6) is 0 Å². The molecule has 1 N–H and O–H groups in total. The van der Waals surface area contributed by atoms with Crippen LogP contribution in [0.25, 0.3) is 10.2 Å². The zero-order chi connectivity index (χ0) is 18.2. The first-order valence-electron chi connectivity index (χ1n) is 7.52. The molecule has 0 saturated carbocycles. The van der Waals surface area contributed by atoms with Crippen LogP contribution in [0.3, 0.4) is 0 Å². The van der Waals surface area contributed by atoms with E-state index in [1.54, 1.807) is 25.1 Å². The lowest BCUT2D eigenvalue weighted by molar-refractivity contribution is 0.102. The number of thiazole rings is 1. The number of carbonyl (C=O) groups excluding carboxylic acids is 1. The maximum absolute atomic E-state index is 12.6. The van der Waals surface area contributed by atoms with Crippen molar-refractivity contribution >= 4 is 54.0 Å². The van der Waals surface area contributed by atoms with E-state index in [4.69, 9.17) is 11.6 Å². The van der Waals surface area contributed by atoms with E-state index in [-0.39, 0.29) is 16.2 Å². The van der Waals surface area contributed by atoms with Crippen LogP contribution in [0.2, 0.25) is 5.02 Å². The first kappa shape index (κ1) is 17.8. The highest BCUT2D eigenvalue weighted by atomic mass is 35.5. The van der Waals surface area contributed by atoms with Crippen LogP contribution in [0.15, 0.2) is 41.3 Å². The van der Waals surface area contributed by atoms with Crippen LogP contribution in [-0.4, -0.2) is 25.1 Å². The molecule has 25 heavy (non-hydrogen) atoms. The summed E-state index contributed by atoms with van der Waals surface area (Å²) < 4.78 is 25.2. The molecule has 0 aliphatic heterocycles. The molecular formula is C17H15ClN2O3S2. The van der Waals surface area contributed by atoms with Gasteiger partial charge in [0.1, 0.15) is 0 Å². The molecule has 1 amide bonds. The molecule has 0 fully saturated rings. The van der Waals surface area contributed by atoms with E-state index in [0.29, 0.717) is 10.2 Å². The first-order valence-corrected chi connectivity index (χ1v) is 10.4. The molecule has 1 heterocycles. The van der Waals surface area contributed by atoms with Crippen molar-refractivity contribution in [2.24, 2.45) is 0 Å². The maximum atomic E-state index is 12.6. The van der Waals surface area contributed by atoms with E-state index in [1.807, 2.05) is 13.0 Å². The number of amides is 1. The quantitative estimate of drug-likeness (QED) is 0.715. The highest BCUT2D eigenvalue weighted by Gasteiger charge is 2.21. The summed E-state index contributed by atoms with van der Waals surface area (Å²) in [6.07, 6.45) is 0. The Morgan fingerprint density at radius 1 is 1.24 bits per heavy atom. The molecule has 0 radical (unpaired) electrons. The summed E-state index contributed by atoms with van der Waals surface area (Å²) in [5, 5.41) is 3.62. The number of halogens is 1. The number of nitrogens with zero attached hydrogens (tertiary/aromatic N) is 1. The molecule has 0 unspecified atom stereocenters. The Labute approximate surface area is 154 Å². The van der Waals surface area contributed by atoms with Crippen LogP contribution in [0.4, 0.5) is 5.13 Å². The Morgan fingerprint density at radius 3 is 2.64 bits per heavy atom. The van der Waals surface area contributed by atoms with Gasteiger partial charge in [-0.25, -0.2) is 13.4 Å². The second-order valence-corrected chi connectivity index (χ2v) is 9.07. The van der Waals surface area contributed by atoms with Crippen molar-refractivity contribution in [3.63, 3.8) is 0 Å². The summed E-state index contributed by atoms with van der Waals surface area (Å²) in [5.74, 6) is -0.590. The molecular weight excluding hydrogens is 380 g/mol. The predicted molar refractivity (Wildman–Crippen MR) is 101 cm³/mol. The molecule has 0 spiro atoms. The van der Waals surface area contributed by atoms with E-state index < -0.39 is 15.7 Å². The standard InChI is InChI=1S/C17H15ClN2O3S2/c1-3-25(22,23)13-7-5-4-6-11(13)16(21)20-17-19-14-10(2)8-9-12(18)15(14)24-17/h4-9H,3H2,1-2H3,(H,19,20,21). The number of benzene rings is 2. The molecule has 3 rings (SSSR count). The van der Waals surface area contributed by atoms with Gasteiger partial charge in [0.15, 0.2) is 15.0 Å². The van der Waals surface area contributed by atoms with E-state index in [0.717, 1.165) is 15.8 Å². The SMILES string of the molecule is CCS(=O)(=O)c1ccccc1C(=O)Nc1nc2c(C)ccc(Cl)c2s1. The second-order valence-electron chi connectivity index (χ2n) is 5.41. The van der Waals surface area contributed by atoms with Gasteiger partial charge in [-0.15, -0.1) is 0 Å². The number of hydrogen-bond donors (Lipinski definition) is 1. The lowest BCUT2D eigenvalue weighted by atomic mass is 10.2. The zero-order valence-corrected chi connectivity index (χ0v) is 15.9. The average Bonchev–Trinajstić information content (AvgIpc) is 3.03. The molecule has 0 bridgehead atoms. The number of aromatic nitrogens is 1. The van der Waals surface area contributed by atoms with Crippen LogP contribution in [0.1, 0.15) is 22.8 Å². The summed E-state index contributed by atoms with van der Waals surface area (Å²) in [6.45, 7) is 3.45. The van der Waals surface area contributed by atoms with Gasteiger partial charge in [0.25, 0.3) is 5.91 Å². The van der Waals surface area contributed by atoms with Gasteiger partial charge in [-0.05, 0) is 30.7 Å². The molecule has 5 nitrogen and oxygen atoms in total. The van der Waals surface area contributed by atoms with Gasteiger partial charge >= 0.3 is 0 Å². The van der Waals surface area contributed by atoms with Crippen LogP contribution in [-0.2, 0) is 9.84 Å². The maximum Gasteiger partial charge on any atom is 0.258 e. The van der Waals surface area contributed by atoms with Crippen LogP contribution < -0.4 is 5.32 Å². The fourth-order valence-corrected chi connectivity index (χ4v) is 4.70. The summed E-state index contributed by atoms with van der Waals surface area (Å²) >= 11 is 7.43. The van der Waals surface area contributed by atoms with Crippen molar-refractivity contribution in [2.45, 2.75) is 18.7 Å². The zero-order valence-electron chi connectivity index (χ0n) is 13.5.